The van der Waals surface area contributed by atoms with Gasteiger partial charge in [0.1, 0.15) is 5.82 Å². The Morgan fingerprint density at radius 3 is 2.52 bits per heavy atom. The number of aromatic nitrogens is 2. The largest absolute Gasteiger partial charge is 0.309 e. The second-order valence-corrected chi connectivity index (χ2v) is 6.14. The summed E-state index contributed by atoms with van der Waals surface area (Å²) in [7, 11) is 0. The number of aryl methyl sites for hydroxylation is 1. The number of rotatable bonds is 5. The fourth-order valence-electron chi connectivity index (χ4n) is 2.85. The molecule has 5 heteroatoms. The van der Waals surface area contributed by atoms with Crippen LogP contribution < -0.4 is 5.32 Å². The van der Waals surface area contributed by atoms with Gasteiger partial charge in [-0.3, -0.25) is 9.89 Å². The average Bonchev–Trinajstić information content (AvgIpc) is 2.96. The zero-order chi connectivity index (χ0) is 17.8. The number of amides is 1. The number of H-pyrrole nitrogens is 1. The molecule has 0 bridgehead atoms. The number of nitrogens with one attached hydrogen (secondary N) is 2. The van der Waals surface area contributed by atoms with E-state index in [1.165, 1.54) is 12.1 Å². The molecule has 0 radical (unpaired) electrons. The normalized spacial score (nSPS) is 12.0. The van der Waals surface area contributed by atoms with Crippen molar-refractivity contribution in [2.75, 3.05) is 5.32 Å². The molecule has 1 amide bonds. The topological polar surface area (TPSA) is 57.8 Å². The number of anilines is 1. The summed E-state index contributed by atoms with van der Waals surface area (Å²) in [5.74, 6) is 0.170. The van der Waals surface area contributed by atoms with Crippen LogP contribution in [0.2, 0.25) is 0 Å². The van der Waals surface area contributed by atoms with E-state index in [4.69, 9.17) is 0 Å². The fraction of sp³-hybridized carbons (Fsp3) is 0.200. The first kappa shape index (κ1) is 16.9. The molecule has 2 aromatic carbocycles. The quantitative estimate of drug-likeness (QED) is 0.711. The van der Waals surface area contributed by atoms with E-state index in [1.807, 2.05) is 44.2 Å². The Hall–Kier alpha value is -2.95. The van der Waals surface area contributed by atoms with Crippen LogP contribution in [0.4, 0.5) is 10.2 Å². The third-order valence-electron chi connectivity index (χ3n) is 4.20. The summed E-state index contributed by atoms with van der Waals surface area (Å²) in [4.78, 5) is 12.4. The molecular formula is C20H20FN3O. The first-order chi connectivity index (χ1) is 12.0. The van der Waals surface area contributed by atoms with E-state index in [1.54, 1.807) is 12.1 Å². The van der Waals surface area contributed by atoms with Crippen molar-refractivity contribution in [3.8, 4) is 11.1 Å². The van der Waals surface area contributed by atoms with Gasteiger partial charge < -0.3 is 5.32 Å². The highest BCUT2D eigenvalue weighted by atomic mass is 19.1. The Balaban J connectivity index is 1.75. The van der Waals surface area contributed by atoms with E-state index >= 15 is 0 Å². The van der Waals surface area contributed by atoms with Crippen LogP contribution in [0.15, 0.2) is 54.6 Å². The van der Waals surface area contributed by atoms with Crippen LogP contribution in [0.25, 0.3) is 11.1 Å². The molecule has 4 nitrogen and oxygen atoms in total. The minimum absolute atomic E-state index is 0.105. The number of carbonyl (C=O) groups is 1. The maximum absolute atomic E-state index is 13.2. The maximum atomic E-state index is 13.2. The summed E-state index contributed by atoms with van der Waals surface area (Å²) in [6.07, 6.45) is 0.360. The lowest BCUT2D eigenvalue weighted by Gasteiger charge is -2.12. The predicted octanol–water partition coefficient (Wildman–Crippen LogP) is 4.66. The molecule has 3 aromatic rings. The zero-order valence-corrected chi connectivity index (χ0v) is 14.2. The van der Waals surface area contributed by atoms with E-state index in [9.17, 15) is 9.18 Å². The smallest absolute Gasteiger partial charge is 0.226 e. The van der Waals surface area contributed by atoms with Crippen molar-refractivity contribution < 1.29 is 9.18 Å². The van der Waals surface area contributed by atoms with E-state index in [2.05, 4.69) is 15.5 Å². The highest BCUT2D eigenvalue weighted by Gasteiger charge is 2.17. The Labute approximate surface area is 146 Å². The van der Waals surface area contributed by atoms with Crippen molar-refractivity contribution in [2.24, 2.45) is 0 Å². The van der Waals surface area contributed by atoms with E-state index in [0.717, 1.165) is 22.4 Å². The highest BCUT2D eigenvalue weighted by molar-refractivity contribution is 5.95. The Kier molecular flexibility index (Phi) is 4.93. The van der Waals surface area contributed by atoms with Gasteiger partial charge in [0.15, 0.2) is 5.82 Å². The van der Waals surface area contributed by atoms with Crippen molar-refractivity contribution in [1.29, 1.82) is 0 Å². The van der Waals surface area contributed by atoms with Gasteiger partial charge in [-0.1, -0.05) is 49.4 Å². The molecule has 25 heavy (non-hydrogen) atoms. The first-order valence-electron chi connectivity index (χ1n) is 8.20. The molecule has 1 atom stereocenters. The minimum atomic E-state index is -0.299. The van der Waals surface area contributed by atoms with E-state index in [-0.39, 0.29) is 17.6 Å². The Morgan fingerprint density at radius 2 is 1.84 bits per heavy atom. The molecule has 0 aliphatic heterocycles. The van der Waals surface area contributed by atoms with Gasteiger partial charge >= 0.3 is 0 Å². The molecule has 2 N–H and O–H groups in total. The van der Waals surface area contributed by atoms with Gasteiger partial charge in [-0.15, -0.1) is 0 Å². The lowest BCUT2D eigenvalue weighted by molar-refractivity contribution is -0.116. The van der Waals surface area contributed by atoms with Gasteiger partial charge in [-0.05, 0) is 36.1 Å². The number of nitrogens with zero attached hydrogens (tertiary/aromatic N) is 1. The number of aromatic amines is 1. The molecule has 128 valence electrons. The third kappa shape index (κ3) is 3.94. The standard InChI is InChI=1S/C20H20FN3O/c1-13(15-6-4-3-5-7-15)12-18(25)22-20-19(14(2)23-24-20)16-8-10-17(21)11-9-16/h3-11,13H,12H2,1-2H3,(H2,22,23,24,25)/t13-/m0/s1. The van der Waals surface area contributed by atoms with Gasteiger partial charge in [0, 0.05) is 17.7 Å². The van der Waals surface area contributed by atoms with Crippen LogP contribution in [0.3, 0.4) is 0 Å². The number of hydrogen-bond donors (Lipinski definition) is 2. The van der Waals surface area contributed by atoms with Crippen molar-refractivity contribution in [2.45, 2.75) is 26.2 Å². The van der Waals surface area contributed by atoms with Crippen molar-refractivity contribution in [3.63, 3.8) is 0 Å². The van der Waals surface area contributed by atoms with Gasteiger partial charge in [-0.2, -0.15) is 5.10 Å². The van der Waals surface area contributed by atoms with Crippen LogP contribution in [-0.2, 0) is 4.79 Å². The zero-order valence-electron chi connectivity index (χ0n) is 14.2. The summed E-state index contributed by atoms with van der Waals surface area (Å²) in [6, 6.07) is 16.1. The fourth-order valence-corrected chi connectivity index (χ4v) is 2.85. The summed E-state index contributed by atoms with van der Waals surface area (Å²) in [5.41, 5.74) is 3.52. The van der Waals surface area contributed by atoms with E-state index < -0.39 is 0 Å². The molecule has 0 unspecified atom stereocenters. The summed E-state index contributed by atoms with van der Waals surface area (Å²) in [5, 5.41) is 9.94. The molecule has 0 aliphatic carbocycles. The number of halogens is 1. The van der Waals surface area contributed by atoms with Gasteiger partial charge in [0.2, 0.25) is 5.91 Å². The molecule has 0 spiro atoms. The summed E-state index contributed by atoms with van der Waals surface area (Å²) < 4.78 is 13.2. The van der Waals surface area contributed by atoms with Crippen LogP contribution in [-0.4, -0.2) is 16.1 Å². The van der Waals surface area contributed by atoms with Crippen LogP contribution in [0, 0.1) is 12.7 Å². The van der Waals surface area contributed by atoms with Crippen LogP contribution in [0.1, 0.15) is 30.5 Å². The molecule has 0 fully saturated rings. The molecule has 3 rings (SSSR count). The predicted molar refractivity (Wildman–Crippen MR) is 96.8 cm³/mol. The second-order valence-electron chi connectivity index (χ2n) is 6.14. The van der Waals surface area contributed by atoms with Crippen LogP contribution >= 0.6 is 0 Å². The van der Waals surface area contributed by atoms with Crippen molar-refractivity contribution >= 4 is 11.7 Å². The summed E-state index contributed by atoms with van der Waals surface area (Å²) in [6.45, 7) is 3.89. The van der Waals surface area contributed by atoms with Crippen molar-refractivity contribution in [3.05, 3.63) is 71.7 Å². The van der Waals surface area contributed by atoms with Gasteiger partial charge in [0.05, 0.1) is 0 Å². The molecule has 1 heterocycles. The first-order valence-corrected chi connectivity index (χ1v) is 8.20. The van der Waals surface area contributed by atoms with Crippen LogP contribution in [0.5, 0.6) is 0 Å². The molecule has 1 aromatic heterocycles. The molecule has 0 saturated carbocycles. The van der Waals surface area contributed by atoms with Crippen molar-refractivity contribution in [1.82, 2.24) is 10.2 Å². The lowest BCUT2D eigenvalue weighted by atomic mass is 9.97. The SMILES string of the molecule is Cc1[nH]nc(NC(=O)C[C@H](C)c2ccccc2)c1-c1ccc(F)cc1. The molecule has 0 aliphatic rings. The van der Waals surface area contributed by atoms with Gasteiger partial charge in [-0.25, -0.2) is 4.39 Å². The monoisotopic (exact) mass is 337 g/mol. The van der Waals surface area contributed by atoms with E-state index in [0.29, 0.717) is 12.2 Å². The Morgan fingerprint density at radius 1 is 1.16 bits per heavy atom. The average molecular weight is 337 g/mol. The minimum Gasteiger partial charge on any atom is -0.309 e. The van der Waals surface area contributed by atoms with Gasteiger partial charge in [0.25, 0.3) is 0 Å². The number of hydrogen-bond acceptors (Lipinski definition) is 2. The third-order valence-corrected chi connectivity index (χ3v) is 4.20. The molecular weight excluding hydrogens is 317 g/mol. The summed E-state index contributed by atoms with van der Waals surface area (Å²) >= 11 is 0. The Bertz CT molecular complexity index is 856. The maximum Gasteiger partial charge on any atom is 0.226 e. The number of carbonyl (C=O) groups excluding carboxylic acids is 1. The number of benzene rings is 2. The molecule has 0 saturated heterocycles. The second kappa shape index (κ2) is 7.30. The highest BCUT2D eigenvalue weighted by Crippen LogP contribution is 2.30. The lowest BCUT2D eigenvalue weighted by Crippen LogP contribution is -2.15.